The van der Waals surface area contributed by atoms with Crippen LogP contribution < -0.4 is 10.5 Å². The Kier molecular flexibility index (Phi) is 4.02. The summed E-state index contributed by atoms with van der Waals surface area (Å²) in [7, 11) is -4.01. The topological polar surface area (TPSA) is 92.4 Å². The summed E-state index contributed by atoms with van der Waals surface area (Å²) in [6, 6.07) is 1.33. The van der Waals surface area contributed by atoms with Gasteiger partial charge in [-0.1, -0.05) is 0 Å². The van der Waals surface area contributed by atoms with Crippen molar-refractivity contribution in [1.29, 1.82) is 0 Å². The molecule has 0 heterocycles. The number of halogens is 2. The Morgan fingerprint density at radius 2 is 2.06 bits per heavy atom. The first-order chi connectivity index (χ1) is 7.74. The van der Waals surface area contributed by atoms with E-state index < -0.39 is 38.3 Å². The molecule has 0 aliphatic heterocycles. The summed E-state index contributed by atoms with van der Waals surface area (Å²) in [6.45, 7) is 1.14. The zero-order valence-corrected chi connectivity index (χ0v) is 9.76. The number of nitrogen functional groups attached to an aromatic ring is 1. The summed E-state index contributed by atoms with van der Waals surface area (Å²) in [4.78, 5) is -0.491. The number of nitrogens with two attached hydrogens (primary N) is 1. The van der Waals surface area contributed by atoms with Crippen LogP contribution in [0.15, 0.2) is 17.0 Å². The van der Waals surface area contributed by atoms with Gasteiger partial charge in [-0.2, -0.15) is 0 Å². The van der Waals surface area contributed by atoms with E-state index in [1.54, 1.807) is 0 Å². The molecule has 0 fully saturated rings. The maximum absolute atomic E-state index is 13.0. The molecule has 1 aromatic rings. The van der Waals surface area contributed by atoms with Gasteiger partial charge in [0.15, 0.2) is 11.6 Å². The van der Waals surface area contributed by atoms with Crippen LogP contribution >= 0.6 is 0 Å². The van der Waals surface area contributed by atoms with Gasteiger partial charge in [-0.25, -0.2) is 21.9 Å². The molecule has 17 heavy (non-hydrogen) atoms. The molecule has 0 aromatic heterocycles. The predicted octanol–water partition coefficient (Wildman–Crippen LogP) is 0.206. The number of hydrogen-bond acceptors (Lipinski definition) is 4. The molecule has 0 aliphatic rings. The van der Waals surface area contributed by atoms with Crippen molar-refractivity contribution in [3.63, 3.8) is 0 Å². The molecule has 0 saturated heterocycles. The molecule has 0 radical (unpaired) electrons. The molecule has 0 saturated carbocycles. The molecule has 0 spiro atoms. The van der Waals surface area contributed by atoms with Crippen molar-refractivity contribution in [3.05, 3.63) is 23.8 Å². The van der Waals surface area contributed by atoms with Gasteiger partial charge in [-0.3, -0.25) is 0 Å². The molecule has 8 heteroatoms. The zero-order valence-electron chi connectivity index (χ0n) is 8.94. The van der Waals surface area contributed by atoms with Crippen molar-refractivity contribution in [3.8, 4) is 0 Å². The number of sulfonamides is 1. The molecule has 96 valence electrons. The Balaban J connectivity index is 3.08. The number of nitrogens with one attached hydrogen (secondary N) is 1. The third-order valence-corrected chi connectivity index (χ3v) is 3.31. The van der Waals surface area contributed by atoms with Crippen LogP contribution in [0.4, 0.5) is 14.5 Å². The lowest BCUT2D eigenvalue weighted by atomic mass is 10.3. The van der Waals surface area contributed by atoms with E-state index in [1.807, 2.05) is 4.72 Å². The Labute approximate surface area is 97.3 Å². The average molecular weight is 266 g/mol. The summed E-state index contributed by atoms with van der Waals surface area (Å²) in [5, 5.41) is 8.93. The van der Waals surface area contributed by atoms with Gasteiger partial charge in [0.1, 0.15) is 0 Å². The van der Waals surface area contributed by atoms with Crippen LogP contribution in [0.3, 0.4) is 0 Å². The Hall–Kier alpha value is -1.25. The molecule has 1 atom stereocenters. The second-order valence-corrected chi connectivity index (χ2v) is 5.28. The van der Waals surface area contributed by atoms with Crippen LogP contribution in [0.25, 0.3) is 0 Å². The van der Waals surface area contributed by atoms with Gasteiger partial charge < -0.3 is 10.8 Å². The second-order valence-electron chi connectivity index (χ2n) is 3.51. The lowest BCUT2D eigenvalue weighted by molar-refractivity contribution is 0.198. The highest BCUT2D eigenvalue weighted by Gasteiger charge is 2.19. The summed E-state index contributed by atoms with van der Waals surface area (Å²) < 4.78 is 51.0. The smallest absolute Gasteiger partial charge is 0.240 e. The van der Waals surface area contributed by atoms with Gasteiger partial charge in [-0.15, -0.1) is 0 Å². The van der Waals surface area contributed by atoms with Gasteiger partial charge in [-0.05, 0) is 19.1 Å². The van der Waals surface area contributed by atoms with Crippen LogP contribution in [0.1, 0.15) is 6.92 Å². The second kappa shape index (κ2) is 4.94. The number of anilines is 1. The van der Waals surface area contributed by atoms with Gasteiger partial charge in [0, 0.05) is 6.54 Å². The highest BCUT2D eigenvalue weighted by molar-refractivity contribution is 7.89. The Morgan fingerprint density at radius 1 is 1.47 bits per heavy atom. The molecule has 0 unspecified atom stereocenters. The molecule has 0 amide bonds. The van der Waals surface area contributed by atoms with Crippen LogP contribution in [0, 0.1) is 11.6 Å². The van der Waals surface area contributed by atoms with E-state index in [-0.39, 0.29) is 6.54 Å². The van der Waals surface area contributed by atoms with Crippen LogP contribution in [-0.2, 0) is 10.0 Å². The van der Waals surface area contributed by atoms with Crippen molar-refractivity contribution in [2.45, 2.75) is 17.9 Å². The SMILES string of the molecule is C[C@@H](O)CNS(=O)(=O)c1cc(N)c(F)c(F)c1. The van der Waals surface area contributed by atoms with Crippen molar-refractivity contribution in [2.75, 3.05) is 12.3 Å². The lowest BCUT2D eigenvalue weighted by Gasteiger charge is -2.09. The Bertz CT molecular complexity index is 494. The summed E-state index contributed by atoms with van der Waals surface area (Å²) in [6.07, 6.45) is -0.896. The van der Waals surface area contributed by atoms with E-state index in [4.69, 9.17) is 10.8 Å². The zero-order chi connectivity index (χ0) is 13.2. The van der Waals surface area contributed by atoms with E-state index in [0.29, 0.717) is 6.07 Å². The molecule has 1 aromatic carbocycles. The monoisotopic (exact) mass is 266 g/mol. The number of benzene rings is 1. The number of aliphatic hydroxyl groups excluding tert-OH is 1. The van der Waals surface area contributed by atoms with E-state index >= 15 is 0 Å². The van der Waals surface area contributed by atoms with E-state index in [9.17, 15) is 17.2 Å². The maximum atomic E-state index is 13.0. The molecule has 0 aliphatic carbocycles. The van der Waals surface area contributed by atoms with Crippen LogP contribution in [0.2, 0.25) is 0 Å². The van der Waals surface area contributed by atoms with E-state index in [0.717, 1.165) is 6.07 Å². The third-order valence-electron chi connectivity index (χ3n) is 1.91. The molecule has 1 rings (SSSR count). The van der Waals surface area contributed by atoms with Crippen LogP contribution in [-0.4, -0.2) is 26.2 Å². The summed E-state index contributed by atoms with van der Waals surface area (Å²) in [5.41, 5.74) is 4.52. The molecular weight excluding hydrogens is 254 g/mol. The van der Waals surface area contributed by atoms with Crippen molar-refractivity contribution < 1.29 is 22.3 Å². The maximum Gasteiger partial charge on any atom is 0.240 e. The molecule has 0 bridgehead atoms. The summed E-state index contributed by atoms with van der Waals surface area (Å²) >= 11 is 0. The number of hydrogen-bond donors (Lipinski definition) is 3. The predicted molar refractivity (Wildman–Crippen MR) is 57.6 cm³/mol. The fraction of sp³-hybridized carbons (Fsp3) is 0.333. The first-order valence-electron chi connectivity index (χ1n) is 4.66. The number of aliphatic hydroxyl groups is 1. The first kappa shape index (κ1) is 13.8. The van der Waals surface area contributed by atoms with Crippen molar-refractivity contribution in [1.82, 2.24) is 4.72 Å². The Morgan fingerprint density at radius 3 is 2.53 bits per heavy atom. The van der Waals surface area contributed by atoms with Gasteiger partial charge in [0.05, 0.1) is 16.7 Å². The minimum atomic E-state index is -4.01. The lowest BCUT2D eigenvalue weighted by Crippen LogP contribution is -2.30. The van der Waals surface area contributed by atoms with Crippen molar-refractivity contribution >= 4 is 15.7 Å². The molecular formula is C9H12F2N2O3S. The van der Waals surface area contributed by atoms with Gasteiger partial charge >= 0.3 is 0 Å². The minimum Gasteiger partial charge on any atom is -0.396 e. The quantitative estimate of drug-likeness (QED) is 0.679. The van der Waals surface area contributed by atoms with Gasteiger partial charge in [0.2, 0.25) is 10.0 Å². The highest BCUT2D eigenvalue weighted by atomic mass is 32.2. The van der Waals surface area contributed by atoms with Gasteiger partial charge in [0.25, 0.3) is 0 Å². The molecule has 5 nitrogen and oxygen atoms in total. The van der Waals surface area contributed by atoms with E-state index in [2.05, 4.69) is 0 Å². The minimum absolute atomic E-state index is 0.235. The first-order valence-corrected chi connectivity index (χ1v) is 6.14. The van der Waals surface area contributed by atoms with Crippen molar-refractivity contribution in [2.24, 2.45) is 0 Å². The van der Waals surface area contributed by atoms with E-state index in [1.165, 1.54) is 6.92 Å². The molecule has 4 N–H and O–H groups in total. The number of rotatable bonds is 4. The standard InChI is InChI=1S/C9H12F2N2O3S/c1-5(14)4-13-17(15,16)6-2-7(10)9(11)8(12)3-6/h2-3,5,13-14H,4,12H2,1H3/t5-/m1/s1. The highest BCUT2D eigenvalue weighted by Crippen LogP contribution is 2.20. The largest absolute Gasteiger partial charge is 0.396 e. The van der Waals surface area contributed by atoms with Crippen LogP contribution in [0.5, 0.6) is 0 Å². The average Bonchev–Trinajstić information content (AvgIpc) is 2.22. The normalized spacial score (nSPS) is 13.6. The third kappa shape index (κ3) is 3.35. The fourth-order valence-corrected chi connectivity index (χ4v) is 2.22. The fourth-order valence-electron chi connectivity index (χ4n) is 1.05. The summed E-state index contributed by atoms with van der Waals surface area (Å²) in [5.74, 6) is -2.64.